The van der Waals surface area contributed by atoms with Gasteiger partial charge in [0.1, 0.15) is 11.5 Å². The van der Waals surface area contributed by atoms with Crippen molar-refractivity contribution in [1.82, 2.24) is 14.8 Å². The third-order valence-corrected chi connectivity index (χ3v) is 7.46. The topological polar surface area (TPSA) is 99.8 Å². The number of amides is 1. The maximum atomic E-state index is 12.8. The Hall–Kier alpha value is -2.77. The van der Waals surface area contributed by atoms with Gasteiger partial charge in [-0.15, -0.1) is 0 Å². The number of primary amides is 1. The van der Waals surface area contributed by atoms with Crippen LogP contribution < -0.4 is 5.73 Å². The molecule has 2 atom stereocenters. The van der Waals surface area contributed by atoms with Crippen molar-refractivity contribution >= 4 is 12.2 Å². The summed E-state index contributed by atoms with van der Waals surface area (Å²) in [6.07, 6.45) is 6.61. The van der Waals surface area contributed by atoms with E-state index in [0.29, 0.717) is 30.0 Å². The zero-order chi connectivity index (χ0) is 27.2. The molecule has 0 saturated carbocycles. The number of pyridine rings is 1. The minimum Gasteiger partial charge on any atom is -0.508 e. The van der Waals surface area contributed by atoms with Gasteiger partial charge in [-0.05, 0) is 93.5 Å². The molecular weight excluding hydrogens is 464 g/mol. The molecule has 1 amide bonds. The number of piperidine rings is 1. The van der Waals surface area contributed by atoms with Crippen LogP contribution >= 0.6 is 0 Å². The zero-order valence-electron chi connectivity index (χ0n) is 23.1. The number of aromatic hydroxyl groups is 1. The Kier molecular flexibility index (Phi) is 13.3. The number of phenols is 1. The lowest BCUT2D eigenvalue weighted by Gasteiger charge is -2.35. The van der Waals surface area contributed by atoms with E-state index in [4.69, 9.17) is 9.78 Å². The van der Waals surface area contributed by atoms with Crippen LogP contribution in [-0.2, 0) is 9.59 Å². The number of nitrogens with zero attached hydrogens (tertiary/aromatic N) is 3. The number of rotatable bonds is 12. The van der Waals surface area contributed by atoms with Crippen LogP contribution in [0.25, 0.3) is 0 Å². The Morgan fingerprint density at radius 3 is 2.38 bits per heavy atom. The van der Waals surface area contributed by atoms with Crippen molar-refractivity contribution in [3.63, 3.8) is 0 Å². The van der Waals surface area contributed by atoms with E-state index in [1.165, 1.54) is 0 Å². The van der Waals surface area contributed by atoms with Crippen molar-refractivity contribution < 1.29 is 14.7 Å². The molecule has 1 aliphatic rings. The maximum absolute atomic E-state index is 12.8. The first kappa shape index (κ1) is 30.5. The summed E-state index contributed by atoms with van der Waals surface area (Å²) in [5, 5.41) is 9.85. The number of carbonyl (C=O) groups is 2. The third kappa shape index (κ3) is 10.6. The van der Waals surface area contributed by atoms with Crippen LogP contribution in [0.15, 0.2) is 48.7 Å². The largest absolute Gasteiger partial charge is 0.508 e. The number of Topliss-reactive ketones (excluding diaryl/α,β-unsaturated/α-hetero) is 1. The van der Waals surface area contributed by atoms with Gasteiger partial charge in [0.05, 0.1) is 11.7 Å². The minimum atomic E-state index is -0.00742. The SMILES string of the molecule is CC(C)C(C)CN(CCCC(=O)CC1CCN(C)CC1)C(c1ccc(O)cc1)c1ccccn1.NC=O. The van der Waals surface area contributed by atoms with Crippen molar-refractivity contribution in [2.24, 2.45) is 23.5 Å². The highest BCUT2D eigenvalue weighted by Gasteiger charge is 2.26. The summed E-state index contributed by atoms with van der Waals surface area (Å²) >= 11 is 0. The molecule has 0 radical (unpaired) electrons. The quantitative estimate of drug-likeness (QED) is 0.403. The van der Waals surface area contributed by atoms with Gasteiger partial charge in [-0.2, -0.15) is 0 Å². The van der Waals surface area contributed by atoms with E-state index in [0.717, 1.165) is 63.1 Å². The average Bonchev–Trinajstić information content (AvgIpc) is 2.87. The molecule has 1 aliphatic heterocycles. The summed E-state index contributed by atoms with van der Waals surface area (Å²) < 4.78 is 0. The molecule has 7 heteroatoms. The number of likely N-dealkylation sites (tertiary alicyclic amines) is 1. The molecule has 37 heavy (non-hydrogen) atoms. The van der Waals surface area contributed by atoms with Crippen molar-refractivity contribution in [2.75, 3.05) is 33.2 Å². The second-order valence-electron chi connectivity index (χ2n) is 10.7. The lowest BCUT2D eigenvalue weighted by atomic mass is 9.90. The first-order chi connectivity index (χ1) is 17.7. The number of hydrogen-bond donors (Lipinski definition) is 2. The summed E-state index contributed by atoms with van der Waals surface area (Å²) in [5.74, 6) is 2.31. The molecule has 0 spiro atoms. The highest BCUT2D eigenvalue weighted by atomic mass is 16.3. The van der Waals surface area contributed by atoms with E-state index < -0.39 is 0 Å². The lowest BCUT2D eigenvalue weighted by molar-refractivity contribution is -0.120. The second kappa shape index (κ2) is 16.2. The number of hydrogen-bond acceptors (Lipinski definition) is 6. The molecule has 1 fully saturated rings. The Bertz CT molecular complexity index is 912. The molecule has 7 nitrogen and oxygen atoms in total. The smallest absolute Gasteiger partial charge is 0.204 e. The van der Waals surface area contributed by atoms with Gasteiger partial charge in [0.2, 0.25) is 6.41 Å². The number of phenolic OH excluding ortho intramolecular Hbond substituents is 1. The fourth-order valence-corrected chi connectivity index (χ4v) is 4.84. The van der Waals surface area contributed by atoms with Crippen molar-refractivity contribution in [3.05, 3.63) is 59.9 Å². The summed E-state index contributed by atoms with van der Waals surface area (Å²) in [7, 11) is 2.16. The van der Waals surface area contributed by atoms with Crippen LogP contribution in [-0.4, -0.2) is 65.3 Å². The fourth-order valence-electron chi connectivity index (χ4n) is 4.84. The van der Waals surface area contributed by atoms with Crippen LogP contribution in [0.1, 0.15) is 70.2 Å². The maximum Gasteiger partial charge on any atom is 0.204 e. The number of ketones is 1. The van der Waals surface area contributed by atoms with Gasteiger partial charge in [-0.25, -0.2) is 0 Å². The second-order valence-corrected chi connectivity index (χ2v) is 10.7. The molecule has 2 heterocycles. The van der Waals surface area contributed by atoms with E-state index in [9.17, 15) is 9.90 Å². The van der Waals surface area contributed by atoms with Crippen LogP contribution in [0.3, 0.4) is 0 Å². The van der Waals surface area contributed by atoms with E-state index in [1.54, 1.807) is 12.1 Å². The Balaban J connectivity index is 0.00000153. The molecular formula is C30H46N4O3. The molecule has 1 saturated heterocycles. The summed E-state index contributed by atoms with van der Waals surface area (Å²) in [5.41, 5.74) is 6.28. The molecule has 3 rings (SSSR count). The molecule has 1 aromatic carbocycles. The predicted molar refractivity (Wildman–Crippen MR) is 149 cm³/mol. The molecule has 3 N–H and O–H groups in total. The van der Waals surface area contributed by atoms with E-state index >= 15 is 0 Å². The highest BCUT2D eigenvalue weighted by Crippen LogP contribution is 2.31. The van der Waals surface area contributed by atoms with Crippen LogP contribution in [0.4, 0.5) is 0 Å². The number of nitrogens with two attached hydrogens (primary N) is 1. The molecule has 1 aromatic heterocycles. The molecule has 2 aromatic rings. The third-order valence-electron chi connectivity index (χ3n) is 7.46. The lowest BCUT2D eigenvalue weighted by Crippen LogP contribution is -2.36. The van der Waals surface area contributed by atoms with Gasteiger partial charge in [-0.3, -0.25) is 19.5 Å². The predicted octanol–water partition coefficient (Wildman–Crippen LogP) is 4.65. The number of aromatic nitrogens is 1. The van der Waals surface area contributed by atoms with E-state index in [-0.39, 0.29) is 18.2 Å². The van der Waals surface area contributed by atoms with Gasteiger partial charge in [0.25, 0.3) is 0 Å². The van der Waals surface area contributed by atoms with Crippen LogP contribution in [0.2, 0.25) is 0 Å². The van der Waals surface area contributed by atoms with Crippen LogP contribution in [0.5, 0.6) is 5.75 Å². The monoisotopic (exact) mass is 510 g/mol. The average molecular weight is 511 g/mol. The van der Waals surface area contributed by atoms with E-state index in [1.807, 2.05) is 30.5 Å². The van der Waals surface area contributed by atoms with Gasteiger partial charge < -0.3 is 15.7 Å². The highest BCUT2D eigenvalue weighted by molar-refractivity contribution is 5.78. The number of carbonyl (C=O) groups excluding carboxylic acids is 2. The van der Waals surface area contributed by atoms with Gasteiger partial charge in [0.15, 0.2) is 0 Å². The molecule has 2 unspecified atom stereocenters. The molecule has 0 aliphatic carbocycles. The zero-order valence-corrected chi connectivity index (χ0v) is 23.1. The summed E-state index contributed by atoms with van der Waals surface area (Å²) in [6.45, 7) is 10.8. The summed E-state index contributed by atoms with van der Waals surface area (Å²) in [4.78, 5) is 30.9. The Labute approximate surface area is 223 Å². The van der Waals surface area contributed by atoms with Crippen molar-refractivity contribution in [3.8, 4) is 5.75 Å². The van der Waals surface area contributed by atoms with Gasteiger partial charge in [-0.1, -0.05) is 39.0 Å². The first-order valence-electron chi connectivity index (χ1n) is 13.5. The molecule has 0 bridgehead atoms. The Morgan fingerprint density at radius 1 is 1.16 bits per heavy atom. The van der Waals surface area contributed by atoms with Gasteiger partial charge >= 0.3 is 0 Å². The van der Waals surface area contributed by atoms with Crippen LogP contribution in [0, 0.1) is 17.8 Å². The van der Waals surface area contributed by atoms with Crippen molar-refractivity contribution in [1.29, 1.82) is 0 Å². The first-order valence-corrected chi connectivity index (χ1v) is 13.5. The minimum absolute atomic E-state index is 0.00742. The van der Waals surface area contributed by atoms with Crippen molar-refractivity contribution in [2.45, 2.75) is 58.9 Å². The van der Waals surface area contributed by atoms with E-state index in [2.05, 4.69) is 49.4 Å². The Morgan fingerprint density at radius 2 is 1.81 bits per heavy atom. The molecule has 204 valence electrons. The number of benzene rings is 1. The van der Waals surface area contributed by atoms with Gasteiger partial charge in [0, 0.05) is 25.6 Å². The summed E-state index contributed by atoms with van der Waals surface area (Å²) in [6, 6.07) is 13.5. The normalized spacial score (nSPS) is 16.2. The standard InChI is InChI=1S/C29H43N3O2.CH3NO/c1-22(2)23(3)21-32(17-7-8-27(34)20-24-14-18-31(4)19-15-24)29(28-9-5-6-16-30-28)25-10-12-26(33)13-11-25;2-1-3/h5-6,9-13,16,22-24,29,33H,7-8,14-15,17-21H2,1-4H3;1H,(H2,2,3). The fraction of sp³-hybridized carbons (Fsp3) is 0.567.